The lowest BCUT2D eigenvalue weighted by molar-refractivity contribution is -0.147. The van der Waals surface area contributed by atoms with E-state index in [0.717, 1.165) is 32.5 Å². The number of rotatable bonds is 2. The summed E-state index contributed by atoms with van der Waals surface area (Å²) in [6.07, 6.45) is 2.41. The van der Waals surface area contributed by atoms with Gasteiger partial charge in [-0.1, -0.05) is 6.92 Å². The van der Waals surface area contributed by atoms with Crippen LogP contribution in [-0.2, 0) is 9.53 Å². The molecule has 1 aliphatic rings. The second kappa shape index (κ2) is 4.75. The average Bonchev–Trinajstić information content (AvgIpc) is 2.40. The Hall–Kier alpha value is -0.610. The fourth-order valence-electron chi connectivity index (χ4n) is 1.94. The van der Waals surface area contributed by atoms with Gasteiger partial charge in [0, 0.05) is 6.54 Å². The summed E-state index contributed by atoms with van der Waals surface area (Å²) in [7, 11) is 1.40. The molecule has 14 heavy (non-hydrogen) atoms. The third-order valence-electron chi connectivity index (χ3n) is 3.01. The molecule has 1 unspecified atom stereocenters. The normalized spacial score (nSPS) is 29.6. The predicted octanol–water partition coefficient (Wildman–Crippen LogP) is 0.363. The second-order valence-electron chi connectivity index (χ2n) is 3.94. The lowest BCUT2D eigenvalue weighted by Gasteiger charge is -2.24. The SMILES string of the molecule is CCN1CCCC(N)(C(=O)OC)CC1. The molecular weight excluding hydrogens is 180 g/mol. The molecule has 4 nitrogen and oxygen atoms in total. The molecule has 1 rings (SSSR count). The van der Waals surface area contributed by atoms with Gasteiger partial charge in [-0.15, -0.1) is 0 Å². The first-order chi connectivity index (χ1) is 6.62. The van der Waals surface area contributed by atoms with E-state index in [1.54, 1.807) is 0 Å². The van der Waals surface area contributed by atoms with Crippen molar-refractivity contribution in [2.24, 2.45) is 5.73 Å². The monoisotopic (exact) mass is 200 g/mol. The summed E-state index contributed by atoms with van der Waals surface area (Å²) in [5.74, 6) is -0.268. The van der Waals surface area contributed by atoms with E-state index in [0.29, 0.717) is 6.42 Å². The third kappa shape index (κ3) is 2.45. The molecule has 0 saturated carbocycles. The van der Waals surface area contributed by atoms with E-state index in [4.69, 9.17) is 10.5 Å². The minimum Gasteiger partial charge on any atom is -0.468 e. The third-order valence-corrected chi connectivity index (χ3v) is 3.01. The van der Waals surface area contributed by atoms with Crippen LogP contribution in [0.4, 0.5) is 0 Å². The molecule has 0 aliphatic carbocycles. The van der Waals surface area contributed by atoms with Gasteiger partial charge in [0.25, 0.3) is 0 Å². The van der Waals surface area contributed by atoms with Crippen LogP contribution in [0.25, 0.3) is 0 Å². The molecule has 1 aliphatic heterocycles. The van der Waals surface area contributed by atoms with Gasteiger partial charge in [0.15, 0.2) is 0 Å². The molecule has 1 atom stereocenters. The summed E-state index contributed by atoms with van der Waals surface area (Å²) in [5, 5.41) is 0. The molecule has 2 N–H and O–H groups in total. The summed E-state index contributed by atoms with van der Waals surface area (Å²) in [6.45, 7) is 5.08. The fraction of sp³-hybridized carbons (Fsp3) is 0.900. The number of hydrogen-bond acceptors (Lipinski definition) is 4. The van der Waals surface area contributed by atoms with Crippen molar-refractivity contribution >= 4 is 5.97 Å². The van der Waals surface area contributed by atoms with Gasteiger partial charge in [-0.05, 0) is 32.4 Å². The Balaban J connectivity index is 2.59. The van der Waals surface area contributed by atoms with E-state index in [9.17, 15) is 4.79 Å². The highest BCUT2D eigenvalue weighted by Crippen LogP contribution is 2.20. The van der Waals surface area contributed by atoms with Crippen LogP contribution < -0.4 is 5.73 Å². The average molecular weight is 200 g/mol. The van der Waals surface area contributed by atoms with Crippen molar-refractivity contribution in [2.75, 3.05) is 26.7 Å². The molecule has 0 radical (unpaired) electrons. The van der Waals surface area contributed by atoms with Crippen molar-refractivity contribution in [3.63, 3.8) is 0 Å². The zero-order valence-electron chi connectivity index (χ0n) is 9.08. The molecule has 0 aromatic heterocycles. The molecule has 0 amide bonds. The smallest absolute Gasteiger partial charge is 0.325 e. The van der Waals surface area contributed by atoms with Gasteiger partial charge in [0.05, 0.1) is 7.11 Å². The number of methoxy groups -OCH3 is 1. The predicted molar refractivity (Wildman–Crippen MR) is 54.9 cm³/mol. The number of nitrogens with two attached hydrogens (primary N) is 1. The van der Waals surface area contributed by atoms with Gasteiger partial charge < -0.3 is 15.4 Å². The number of likely N-dealkylation sites (tertiary alicyclic amines) is 1. The van der Waals surface area contributed by atoms with Gasteiger partial charge in [0.1, 0.15) is 5.54 Å². The number of esters is 1. The van der Waals surface area contributed by atoms with Crippen LogP contribution in [0.5, 0.6) is 0 Å². The Morgan fingerprint density at radius 1 is 1.50 bits per heavy atom. The molecule has 1 saturated heterocycles. The topological polar surface area (TPSA) is 55.6 Å². The first kappa shape index (κ1) is 11.5. The Kier molecular flexibility index (Phi) is 3.89. The molecule has 1 heterocycles. The highest BCUT2D eigenvalue weighted by atomic mass is 16.5. The van der Waals surface area contributed by atoms with Crippen LogP contribution in [0, 0.1) is 0 Å². The van der Waals surface area contributed by atoms with Gasteiger partial charge in [-0.25, -0.2) is 0 Å². The first-order valence-corrected chi connectivity index (χ1v) is 5.22. The molecule has 1 fully saturated rings. The lowest BCUT2D eigenvalue weighted by Crippen LogP contribution is -2.49. The van der Waals surface area contributed by atoms with Crippen molar-refractivity contribution in [3.8, 4) is 0 Å². The van der Waals surface area contributed by atoms with E-state index in [1.165, 1.54) is 7.11 Å². The Morgan fingerprint density at radius 3 is 2.79 bits per heavy atom. The summed E-state index contributed by atoms with van der Waals surface area (Å²) in [6, 6.07) is 0. The number of hydrogen-bond donors (Lipinski definition) is 1. The quantitative estimate of drug-likeness (QED) is 0.654. The minimum absolute atomic E-state index is 0.268. The maximum Gasteiger partial charge on any atom is 0.325 e. The standard InChI is InChI=1S/C10H20N2O2/c1-3-12-7-4-5-10(11,6-8-12)9(13)14-2/h3-8,11H2,1-2H3. The molecule has 0 aromatic rings. The number of ether oxygens (including phenoxy) is 1. The van der Waals surface area contributed by atoms with Crippen molar-refractivity contribution in [1.29, 1.82) is 0 Å². The number of carbonyl (C=O) groups is 1. The summed E-state index contributed by atoms with van der Waals surface area (Å²) < 4.78 is 4.73. The van der Waals surface area contributed by atoms with Crippen LogP contribution in [0.3, 0.4) is 0 Å². The van der Waals surface area contributed by atoms with Crippen molar-refractivity contribution < 1.29 is 9.53 Å². The lowest BCUT2D eigenvalue weighted by atomic mass is 9.92. The first-order valence-electron chi connectivity index (χ1n) is 5.22. The number of carbonyl (C=O) groups excluding carboxylic acids is 1. The highest BCUT2D eigenvalue weighted by Gasteiger charge is 2.36. The van der Waals surface area contributed by atoms with Crippen molar-refractivity contribution in [2.45, 2.75) is 31.7 Å². The van der Waals surface area contributed by atoms with Crippen LogP contribution in [0.2, 0.25) is 0 Å². The fourth-order valence-corrected chi connectivity index (χ4v) is 1.94. The largest absolute Gasteiger partial charge is 0.468 e. The van der Waals surface area contributed by atoms with E-state index in [1.807, 2.05) is 0 Å². The van der Waals surface area contributed by atoms with E-state index < -0.39 is 5.54 Å². The van der Waals surface area contributed by atoms with Gasteiger partial charge in [-0.3, -0.25) is 4.79 Å². The summed E-state index contributed by atoms with van der Waals surface area (Å²) in [4.78, 5) is 13.8. The Labute approximate surface area is 85.4 Å². The van der Waals surface area contributed by atoms with Crippen LogP contribution in [-0.4, -0.2) is 43.2 Å². The Bertz CT molecular complexity index is 208. The molecule has 0 spiro atoms. The molecular formula is C10H20N2O2. The van der Waals surface area contributed by atoms with E-state index in [2.05, 4.69) is 11.8 Å². The minimum atomic E-state index is -0.751. The van der Waals surface area contributed by atoms with Gasteiger partial charge in [0.2, 0.25) is 0 Å². The molecule has 0 bridgehead atoms. The summed E-state index contributed by atoms with van der Waals surface area (Å²) >= 11 is 0. The maximum absolute atomic E-state index is 11.5. The zero-order valence-corrected chi connectivity index (χ0v) is 9.08. The number of nitrogens with zero attached hydrogens (tertiary/aromatic N) is 1. The molecule has 0 aromatic carbocycles. The van der Waals surface area contributed by atoms with Crippen molar-refractivity contribution in [1.82, 2.24) is 4.90 Å². The van der Waals surface area contributed by atoms with Crippen molar-refractivity contribution in [3.05, 3.63) is 0 Å². The van der Waals surface area contributed by atoms with Crippen LogP contribution in [0.1, 0.15) is 26.2 Å². The van der Waals surface area contributed by atoms with Crippen LogP contribution in [0.15, 0.2) is 0 Å². The van der Waals surface area contributed by atoms with Crippen LogP contribution >= 0.6 is 0 Å². The Morgan fingerprint density at radius 2 is 2.21 bits per heavy atom. The zero-order chi connectivity index (χ0) is 10.6. The second-order valence-corrected chi connectivity index (χ2v) is 3.94. The molecule has 4 heteroatoms. The highest BCUT2D eigenvalue weighted by molar-refractivity contribution is 5.80. The maximum atomic E-state index is 11.5. The van der Waals surface area contributed by atoms with Gasteiger partial charge >= 0.3 is 5.97 Å². The molecule has 82 valence electrons. The van der Waals surface area contributed by atoms with Gasteiger partial charge in [-0.2, -0.15) is 0 Å². The van der Waals surface area contributed by atoms with E-state index >= 15 is 0 Å². The summed E-state index contributed by atoms with van der Waals surface area (Å²) in [5.41, 5.74) is 5.28. The van der Waals surface area contributed by atoms with E-state index in [-0.39, 0.29) is 5.97 Å².